The maximum Gasteiger partial charge on any atom is 0.258 e. The lowest BCUT2D eigenvalue weighted by Gasteiger charge is -2.04. The van der Waals surface area contributed by atoms with E-state index in [9.17, 15) is 4.79 Å². The van der Waals surface area contributed by atoms with Gasteiger partial charge in [-0.2, -0.15) is 10.4 Å². The predicted octanol–water partition coefficient (Wildman–Crippen LogP) is 2.97. The Hall–Kier alpha value is -2.03. The van der Waals surface area contributed by atoms with Crippen LogP contribution in [0.25, 0.3) is 0 Å². The molecule has 0 unspecified atom stereocenters. The first-order valence-corrected chi connectivity index (χ1v) is 6.02. The molecule has 0 spiro atoms. The van der Waals surface area contributed by atoms with Crippen LogP contribution in [0.4, 0.5) is 5.82 Å². The highest BCUT2D eigenvalue weighted by atomic mass is 35.5. The molecule has 1 heterocycles. The van der Waals surface area contributed by atoms with Gasteiger partial charge in [0, 0.05) is 17.3 Å². The number of carbonyl (C=O) groups excluding carboxylic acids is 1. The molecule has 0 radical (unpaired) electrons. The van der Waals surface area contributed by atoms with Gasteiger partial charge in [0.25, 0.3) is 5.91 Å². The molecule has 0 saturated heterocycles. The number of nitriles is 1. The lowest BCUT2D eigenvalue weighted by Crippen LogP contribution is -2.13. The quantitative estimate of drug-likeness (QED) is 0.946. The van der Waals surface area contributed by atoms with Gasteiger partial charge in [-0.1, -0.05) is 23.2 Å². The van der Waals surface area contributed by atoms with Crippen molar-refractivity contribution in [3.8, 4) is 6.07 Å². The third kappa shape index (κ3) is 3.25. The average molecular weight is 295 g/mol. The SMILES string of the molecule is N#CCn1ccc(NC(=O)c2cc(Cl)ccc2Cl)n1. The smallest absolute Gasteiger partial charge is 0.258 e. The minimum absolute atomic E-state index is 0.119. The lowest BCUT2D eigenvalue weighted by atomic mass is 10.2. The van der Waals surface area contributed by atoms with Crippen molar-refractivity contribution in [1.29, 1.82) is 5.26 Å². The molecule has 19 heavy (non-hydrogen) atoms. The highest BCUT2D eigenvalue weighted by molar-refractivity contribution is 6.36. The van der Waals surface area contributed by atoms with E-state index in [1.54, 1.807) is 24.4 Å². The topological polar surface area (TPSA) is 70.7 Å². The summed E-state index contributed by atoms with van der Waals surface area (Å²) in [7, 11) is 0. The maximum atomic E-state index is 12.0. The fraction of sp³-hybridized carbons (Fsp3) is 0.0833. The number of nitrogens with zero attached hydrogens (tertiary/aromatic N) is 3. The highest BCUT2D eigenvalue weighted by Gasteiger charge is 2.12. The molecule has 96 valence electrons. The summed E-state index contributed by atoms with van der Waals surface area (Å²) in [5, 5.41) is 15.8. The van der Waals surface area contributed by atoms with E-state index in [0.717, 1.165) is 0 Å². The Morgan fingerprint density at radius 2 is 2.21 bits per heavy atom. The molecule has 1 aromatic carbocycles. The summed E-state index contributed by atoms with van der Waals surface area (Å²) in [5.41, 5.74) is 0.268. The second-order valence-corrected chi connectivity index (χ2v) is 4.48. The van der Waals surface area contributed by atoms with Crippen LogP contribution in [0.3, 0.4) is 0 Å². The molecule has 0 atom stereocenters. The lowest BCUT2D eigenvalue weighted by molar-refractivity contribution is 0.102. The van der Waals surface area contributed by atoms with E-state index in [0.29, 0.717) is 15.9 Å². The Balaban J connectivity index is 2.16. The summed E-state index contributed by atoms with van der Waals surface area (Å²) in [5.74, 6) is -0.0639. The monoisotopic (exact) mass is 294 g/mol. The van der Waals surface area contributed by atoms with Crippen LogP contribution >= 0.6 is 23.2 Å². The molecule has 7 heteroatoms. The van der Waals surface area contributed by atoms with E-state index in [1.807, 2.05) is 6.07 Å². The van der Waals surface area contributed by atoms with Crippen LogP contribution in [0, 0.1) is 11.3 Å². The van der Waals surface area contributed by atoms with Crippen molar-refractivity contribution in [3.05, 3.63) is 46.1 Å². The molecule has 0 aliphatic rings. The second kappa shape index (κ2) is 5.74. The van der Waals surface area contributed by atoms with E-state index in [4.69, 9.17) is 28.5 Å². The van der Waals surface area contributed by atoms with Gasteiger partial charge in [0.15, 0.2) is 5.82 Å². The van der Waals surface area contributed by atoms with Crippen molar-refractivity contribution in [1.82, 2.24) is 9.78 Å². The van der Waals surface area contributed by atoms with Crippen LogP contribution in [0.5, 0.6) is 0 Å². The van der Waals surface area contributed by atoms with Gasteiger partial charge in [0.05, 0.1) is 16.7 Å². The normalized spacial score (nSPS) is 9.95. The Labute approximate surface area is 119 Å². The summed E-state index contributed by atoms with van der Waals surface area (Å²) < 4.78 is 1.41. The number of aromatic nitrogens is 2. The fourth-order valence-corrected chi connectivity index (χ4v) is 1.82. The zero-order valence-electron chi connectivity index (χ0n) is 9.60. The van der Waals surface area contributed by atoms with Crippen LogP contribution in [-0.4, -0.2) is 15.7 Å². The molecule has 5 nitrogen and oxygen atoms in total. The first kappa shape index (κ1) is 13.4. The van der Waals surface area contributed by atoms with Gasteiger partial charge in [-0.15, -0.1) is 0 Å². The number of carbonyl (C=O) groups is 1. The number of anilines is 1. The number of rotatable bonds is 3. The van der Waals surface area contributed by atoms with Crippen LogP contribution in [0.15, 0.2) is 30.5 Å². The van der Waals surface area contributed by atoms with E-state index in [1.165, 1.54) is 10.7 Å². The standard InChI is InChI=1S/C12H8Cl2N4O/c13-8-1-2-10(14)9(7-8)12(19)16-11-3-5-18(17-11)6-4-15/h1-3,5,7H,6H2,(H,16,17,19). The minimum Gasteiger partial charge on any atom is -0.305 e. The summed E-state index contributed by atoms with van der Waals surface area (Å²) in [6.07, 6.45) is 1.60. The third-order valence-corrected chi connectivity index (χ3v) is 2.85. The Morgan fingerprint density at radius 3 is 2.95 bits per heavy atom. The van der Waals surface area contributed by atoms with Gasteiger partial charge < -0.3 is 5.32 Å². The van der Waals surface area contributed by atoms with Crippen molar-refractivity contribution >= 4 is 34.9 Å². The molecular formula is C12H8Cl2N4O. The largest absolute Gasteiger partial charge is 0.305 e. The van der Waals surface area contributed by atoms with Crippen molar-refractivity contribution in [2.45, 2.75) is 6.54 Å². The molecule has 1 N–H and O–H groups in total. The Morgan fingerprint density at radius 1 is 1.42 bits per heavy atom. The molecule has 2 aromatic rings. The highest BCUT2D eigenvalue weighted by Crippen LogP contribution is 2.21. The number of hydrogen-bond acceptors (Lipinski definition) is 3. The van der Waals surface area contributed by atoms with Crippen molar-refractivity contribution in [2.24, 2.45) is 0 Å². The van der Waals surface area contributed by atoms with Gasteiger partial charge in [-0.25, -0.2) is 0 Å². The molecule has 0 fully saturated rings. The maximum absolute atomic E-state index is 12.0. The average Bonchev–Trinajstić information content (AvgIpc) is 2.80. The Kier molecular flexibility index (Phi) is 4.05. The minimum atomic E-state index is -0.408. The number of hydrogen-bond donors (Lipinski definition) is 1. The second-order valence-electron chi connectivity index (χ2n) is 3.63. The van der Waals surface area contributed by atoms with Crippen LogP contribution in [0.1, 0.15) is 10.4 Å². The molecule has 0 aliphatic heterocycles. The summed E-state index contributed by atoms with van der Waals surface area (Å²) >= 11 is 11.7. The van der Waals surface area contributed by atoms with Crippen LogP contribution in [0.2, 0.25) is 10.0 Å². The summed E-state index contributed by atoms with van der Waals surface area (Å²) in [4.78, 5) is 12.0. The van der Waals surface area contributed by atoms with E-state index in [-0.39, 0.29) is 12.1 Å². The van der Waals surface area contributed by atoms with Gasteiger partial charge >= 0.3 is 0 Å². The van der Waals surface area contributed by atoms with Crippen LogP contribution < -0.4 is 5.32 Å². The molecule has 0 saturated carbocycles. The number of amides is 1. The molecule has 2 rings (SSSR count). The number of halogens is 2. The molecular weight excluding hydrogens is 287 g/mol. The molecule has 1 aromatic heterocycles. The predicted molar refractivity (Wildman–Crippen MR) is 72.3 cm³/mol. The first-order chi connectivity index (χ1) is 9.10. The van der Waals surface area contributed by atoms with Crippen LogP contribution in [-0.2, 0) is 6.54 Å². The van der Waals surface area contributed by atoms with E-state index >= 15 is 0 Å². The number of benzene rings is 1. The van der Waals surface area contributed by atoms with Crippen molar-refractivity contribution < 1.29 is 4.79 Å². The molecule has 0 bridgehead atoms. The van der Waals surface area contributed by atoms with Gasteiger partial charge in [0.2, 0.25) is 0 Å². The van der Waals surface area contributed by atoms with E-state index < -0.39 is 5.91 Å². The third-order valence-electron chi connectivity index (χ3n) is 2.29. The number of nitrogens with one attached hydrogen (secondary N) is 1. The molecule has 0 aliphatic carbocycles. The van der Waals surface area contributed by atoms with Crippen molar-refractivity contribution in [2.75, 3.05) is 5.32 Å². The molecule has 1 amide bonds. The summed E-state index contributed by atoms with van der Waals surface area (Å²) in [6.45, 7) is 0.119. The van der Waals surface area contributed by atoms with Gasteiger partial charge in [0.1, 0.15) is 6.54 Å². The Bertz CT molecular complexity index is 660. The van der Waals surface area contributed by atoms with Crippen molar-refractivity contribution in [3.63, 3.8) is 0 Å². The van der Waals surface area contributed by atoms with Gasteiger partial charge in [-0.05, 0) is 18.2 Å². The zero-order valence-corrected chi connectivity index (χ0v) is 11.1. The summed E-state index contributed by atoms with van der Waals surface area (Å²) in [6, 6.07) is 8.16. The zero-order chi connectivity index (χ0) is 13.8. The van der Waals surface area contributed by atoms with E-state index in [2.05, 4.69) is 10.4 Å². The fourth-order valence-electron chi connectivity index (χ4n) is 1.44. The van der Waals surface area contributed by atoms with Gasteiger partial charge in [-0.3, -0.25) is 9.48 Å². The first-order valence-electron chi connectivity index (χ1n) is 5.27.